The van der Waals surface area contributed by atoms with E-state index in [1.54, 1.807) is 17.0 Å². The van der Waals surface area contributed by atoms with Crippen molar-refractivity contribution in [3.8, 4) is 0 Å². The van der Waals surface area contributed by atoms with E-state index in [0.29, 0.717) is 24.5 Å². The van der Waals surface area contributed by atoms with Gasteiger partial charge >= 0.3 is 6.18 Å². The van der Waals surface area contributed by atoms with Crippen molar-refractivity contribution in [2.75, 3.05) is 17.2 Å². The van der Waals surface area contributed by atoms with Gasteiger partial charge in [0.15, 0.2) is 0 Å². The number of aromatic nitrogens is 1. The molecule has 0 saturated carbocycles. The van der Waals surface area contributed by atoms with Gasteiger partial charge in [-0.2, -0.15) is 13.2 Å². The molecule has 0 aliphatic rings. The largest absolute Gasteiger partial charge is 0.467 e. The van der Waals surface area contributed by atoms with Gasteiger partial charge in [-0.25, -0.2) is 4.98 Å². The van der Waals surface area contributed by atoms with Crippen molar-refractivity contribution in [3.63, 3.8) is 0 Å². The van der Waals surface area contributed by atoms with Gasteiger partial charge in [-0.15, -0.1) is 0 Å². The zero-order chi connectivity index (χ0) is 14.8. The fourth-order valence-electron chi connectivity index (χ4n) is 1.84. The summed E-state index contributed by atoms with van der Waals surface area (Å²) in [4.78, 5) is 5.02. The van der Waals surface area contributed by atoms with Crippen LogP contribution in [0.25, 0.3) is 0 Å². The molecule has 108 valence electrons. The standard InChI is InChI=1S/C13H14F3N3O/c1-2-19(8-9-4-3-5-20-9)11-6-12(13(14,15)16)18-7-10(11)17/h3-7H,2,8,17H2,1H3. The number of nitrogens with two attached hydrogens (primary N) is 1. The van der Waals surface area contributed by atoms with Gasteiger partial charge in [-0.3, -0.25) is 0 Å². The number of alkyl halides is 3. The normalized spacial score (nSPS) is 11.6. The van der Waals surface area contributed by atoms with E-state index >= 15 is 0 Å². The van der Waals surface area contributed by atoms with Crippen LogP contribution in [0, 0.1) is 0 Å². The molecule has 4 nitrogen and oxygen atoms in total. The summed E-state index contributed by atoms with van der Waals surface area (Å²) in [5.41, 5.74) is 5.28. The first-order chi connectivity index (χ1) is 9.41. The van der Waals surface area contributed by atoms with Gasteiger partial charge in [0.2, 0.25) is 0 Å². The van der Waals surface area contributed by atoms with E-state index in [4.69, 9.17) is 10.2 Å². The highest BCUT2D eigenvalue weighted by Gasteiger charge is 2.33. The zero-order valence-corrected chi connectivity index (χ0v) is 10.8. The number of hydrogen-bond acceptors (Lipinski definition) is 4. The minimum absolute atomic E-state index is 0.200. The minimum Gasteiger partial charge on any atom is -0.467 e. The van der Waals surface area contributed by atoms with Crippen molar-refractivity contribution in [2.24, 2.45) is 0 Å². The third-order valence-corrected chi connectivity index (χ3v) is 2.85. The van der Waals surface area contributed by atoms with Crippen LogP contribution in [-0.4, -0.2) is 11.5 Å². The summed E-state index contributed by atoms with van der Waals surface area (Å²) in [6, 6.07) is 4.44. The van der Waals surface area contributed by atoms with Crippen LogP contribution in [0.5, 0.6) is 0 Å². The average Bonchev–Trinajstić information content (AvgIpc) is 2.88. The summed E-state index contributed by atoms with van der Waals surface area (Å²) in [6.45, 7) is 2.66. The summed E-state index contributed by atoms with van der Waals surface area (Å²) in [7, 11) is 0. The Kier molecular flexibility index (Phi) is 3.87. The molecule has 20 heavy (non-hydrogen) atoms. The van der Waals surface area contributed by atoms with E-state index in [-0.39, 0.29) is 5.69 Å². The summed E-state index contributed by atoms with van der Waals surface area (Å²) < 4.78 is 43.3. The van der Waals surface area contributed by atoms with Crippen molar-refractivity contribution in [3.05, 3.63) is 42.1 Å². The lowest BCUT2D eigenvalue weighted by atomic mass is 10.2. The van der Waals surface area contributed by atoms with Gasteiger partial charge in [0.25, 0.3) is 0 Å². The van der Waals surface area contributed by atoms with E-state index in [9.17, 15) is 13.2 Å². The second kappa shape index (κ2) is 5.44. The van der Waals surface area contributed by atoms with E-state index in [0.717, 1.165) is 12.3 Å². The summed E-state index contributed by atoms with van der Waals surface area (Å²) in [5.74, 6) is 0.650. The molecule has 0 aliphatic heterocycles. The molecule has 0 fully saturated rings. The fourth-order valence-corrected chi connectivity index (χ4v) is 1.84. The fraction of sp³-hybridized carbons (Fsp3) is 0.308. The number of nitrogens with zero attached hydrogens (tertiary/aromatic N) is 2. The molecule has 0 unspecified atom stereocenters. The lowest BCUT2D eigenvalue weighted by Crippen LogP contribution is -2.24. The van der Waals surface area contributed by atoms with Gasteiger partial charge in [-0.05, 0) is 25.1 Å². The first kappa shape index (κ1) is 14.2. The Labute approximate surface area is 114 Å². The van der Waals surface area contributed by atoms with Crippen molar-refractivity contribution >= 4 is 11.4 Å². The van der Waals surface area contributed by atoms with Crippen molar-refractivity contribution < 1.29 is 17.6 Å². The topological polar surface area (TPSA) is 55.3 Å². The van der Waals surface area contributed by atoms with Gasteiger partial charge in [0, 0.05) is 6.54 Å². The van der Waals surface area contributed by atoms with Gasteiger partial charge < -0.3 is 15.1 Å². The van der Waals surface area contributed by atoms with Crippen LogP contribution in [-0.2, 0) is 12.7 Å². The highest BCUT2D eigenvalue weighted by molar-refractivity contribution is 5.67. The number of hydrogen-bond donors (Lipinski definition) is 1. The second-order valence-electron chi connectivity index (χ2n) is 4.22. The molecular formula is C13H14F3N3O. The number of anilines is 2. The van der Waals surface area contributed by atoms with Crippen LogP contribution >= 0.6 is 0 Å². The average molecular weight is 285 g/mol. The molecule has 0 spiro atoms. The number of pyridine rings is 1. The number of furan rings is 1. The van der Waals surface area contributed by atoms with Crippen LogP contribution in [0.1, 0.15) is 18.4 Å². The summed E-state index contributed by atoms with van der Waals surface area (Å²) >= 11 is 0. The SMILES string of the molecule is CCN(Cc1ccco1)c1cc(C(F)(F)F)ncc1N. The third-order valence-electron chi connectivity index (χ3n) is 2.85. The molecule has 0 radical (unpaired) electrons. The maximum absolute atomic E-state index is 12.7. The third kappa shape index (κ3) is 3.04. The smallest absolute Gasteiger partial charge is 0.433 e. The molecule has 0 aliphatic carbocycles. The predicted octanol–water partition coefficient (Wildman–Crippen LogP) is 3.30. The Morgan fingerprint density at radius 3 is 2.70 bits per heavy atom. The molecule has 2 aromatic heterocycles. The molecule has 0 atom stereocenters. The Bertz CT molecular complexity index is 567. The molecular weight excluding hydrogens is 271 g/mol. The summed E-state index contributed by atoms with van der Waals surface area (Å²) in [6.07, 6.45) is -1.95. The Hall–Kier alpha value is -2.18. The van der Waals surface area contributed by atoms with Gasteiger partial charge in [0.05, 0.1) is 30.4 Å². The molecule has 0 bridgehead atoms. The van der Waals surface area contributed by atoms with Crippen molar-refractivity contribution in [2.45, 2.75) is 19.6 Å². The molecule has 7 heteroatoms. The maximum atomic E-state index is 12.7. The second-order valence-corrected chi connectivity index (χ2v) is 4.22. The predicted molar refractivity (Wildman–Crippen MR) is 69.1 cm³/mol. The van der Waals surface area contributed by atoms with Crippen molar-refractivity contribution in [1.29, 1.82) is 0 Å². The monoisotopic (exact) mass is 285 g/mol. The van der Waals surface area contributed by atoms with E-state index in [1.165, 1.54) is 6.26 Å². The van der Waals surface area contributed by atoms with Crippen LogP contribution in [0.3, 0.4) is 0 Å². The molecule has 0 aromatic carbocycles. The van der Waals surface area contributed by atoms with Crippen molar-refractivity contribution in [1.82, 2.24) is 4.98 Å². The lowest BCUT2D eigenvalue weighted by molar-refractivity contribution is -0.141. The zero-order valence-electron chi connectivity index (χ0n) is 10.8. The highest BCUT2D eigenvalue weighted by atomic mass is 19.4. The Balaban J connectivity index is 2.33. The molecule has 2 rings (SSSR count). The van der Waals surface area contributed by atoms with Gasteiger partial charge in [0.1, 0.15) is 11.5 Å². The Morgan fingerprint density at radius 1 is 1.40 bits per heavy atom. The minimum atomic E-state index is -4.49. The van der Waals surface area contributed by atoms with Gasteiger partial charge in [-0.1, -0.05) is 0 Å². The number of halogens is 3. The molecule has 0 saturated heterocycles. The van der Waals surface area contributed by atoms with E-state index in [2.05, 4.69) is 4.98 Å². The highest BCUT2D eigenvalue weighted by Crippen LogP contribution is 2.33. The van der Waals surface area contributed by atoms with Crippen LogP contribution in [0.2, 0.25) is 0 Å². The summed E-state index contributed by atoms with van der Waals surface area (Å²) in [5, 5.41) is 0. The molecule has 2 aromatic rings. The molecule has 2 heterocycles. The van der Waals surface area contributed by atoms with Crippen LogP contribution < -0.4 is 10.6 Å². The quantitative estimate of drug-likeness (QED) is 0.936. The Morgan fingerprint density at radius 2 is 2.15 bits per heavy atom. The van der Waals surface area contributed by atoms with Crippen LogP contribution in [0.4, 0.5) is 24.5 Å². The number of rotatable bonds is 4. The molecule has 2 N–H and O–H groups in total. The van der Waals surface area contributed by atoms with E-state index < -0.39 is 11.9 Å². The van der Waals surface area contributed by atoms with Crippen LogP contribution in [0.15, 0.2) is 35.1 Å². The first-order valence-electron chi connectivity index (χ1n) is 6.02. The molecule has 0 amide bonds. The first-order valence-corrected chi connectivity index (χ1v) is 6.02. The lowest BCUT2D eigenvalue weighted by Gasteiger charge is -2.24. The number of nitrogen functional groups attached to an aromatic ring is 1. The van der Waals surface area contributed by atoms with E-state index in [1.807, 2.05) is 6.92 Å². The maximum Gasteiger partial charge on any atom is 0.433 e.